The van der Waals surface area contributed by atoms with Gasteiger partial charge in [-0.3, -0.25) is 9.59 Å². The number of ketones is 1. The van der Waals surface area contributed by atoms with Gasteiger partial charge >= 0.3 is 17.9 Å². The molecule has 0 aromatic carbocycles. The topological polar surface area (TPSA) is 147 Å². The van der Waals surface area contributed by atoms with Crippen LogP contribution in [0.3, 0.4) is 0 Å². The third-order valence-corrected chi connectivity index (χ3v) is 12.1. The van der Waals surface area contributed by atoms with Crippen LogP contribution in [0.25, 0.3) is 0 Å². The quantitative estimate of drug-likeness (QED) is 0.222. The number of fused-ring (bicyclic) bond motifs is 5. The largest absolute Gasteiger partial charge is 0.456 e. The van der Waals surface area contributed by atoms with Crippen LogP contribution in [0.5, 0.6) is 0 Å². The van der Waals surface area contributed by atoms with E-state index in [9.17, 15) is 19.5 Å². The van der Waals surface area contributed by atoms with E-state index in [1.54, 1.807) is 6.92 Å². The van der Waals surface area contributed by atoms with Gasteiger partial charge in [0.05, 0.1) is 12.2 Å². The lowest BCUT2D eigenvalue weighted by Crippen LogP contribution is -2.78. The van der Waals surface area contributed by atoms with Gasteiger partial charge in [-0.1, -0.05) is 34.6 Å². The third kappa shape index (κ3) is 5.32. The van der Waals surface area contributed by atoms with Gasteiger partial charge in [-0.25, -0.2) is 9.59 Å². The van der Waals surface area contributed by atoms with Crippen LogP contribution in [0, 0.1) is 28.6 Å². The maximum Gasteiger partial charge on any atom is 0.337 e. The Labute approximate surface area is 272 Å². The zero-order valence-corrected chi connectivity index (χ0v) is 29.4. The van der Waals surface area contributed by atoms with E-state index in [2.05, 4.69) is 0 Å². The van der Waals surface area contributed by atoms with Crippen molar-refractivity contribution in [2.24, 2.45) is 28.6 Å². The average molecular weight is 652 g/mol. The minimum absolute atomic E-state index is 0.00934. The molecule has 12 nitrogen and oxygen atoms in total. The van der Waals surface area contributed by atoms with Gasteiger partial charge in [0.2, 0.25) is 0 Å². The minimum Gasteiger partial charge on any atom is -0.456 e. The summed E-state index contributed by atoms with van der Waals surface area (Å²) >= 11 is 0. The number of rotatable bonds is 9. The SMILES string of the molecule is COCC(=O)OC1C(=O)[C@@]2(C)C([C@H](C)C3(O)CC(OC(=O)C(OC)C(C)N(C)C)C(C)=C1C3(C)C)C1(OC(C)=O)COC1C[C@@H]2C. The van der Waals surface area contributed by atoms with E-state index in [0.29, 0.717) is 17.6 Å². The summed E-state index contributed by atoms with van der Waals surface area (Å²) in [5, 5.41) is 13.1. The van der Waals surface area contributed by atoms with E-state index in [4.69, 9.17) is 28.4 Å². The highest BCUT2D eigenvalue weighted by atomic mass is 16.6. The maximum atomic E-state index is 15.2. The Morgan fingerprint density at radius 2 is 1.74 bits per heavy atom. The first-order valence-corrected chi connectivity index (χ1v) is 16.1. The van der Waals surface area contributed by atoms with Crippen LogP contribution in [0.4, 0.5) is 0 Å². The Bertz CT molecular complexity index is 1280. The zero-order chi connectivity index (χ0) is 34.7. The van der Waals surface area contributed by atoms with E-state index in [-0.39, 0.29) is 30.8 Å². The highest BCUT2D eigenvalue weighted by molar-refractivity contribution is 5.95. The normalized spacial score (nSPS) is 39.6. The summed E-state index contributed by atoms with van der Waals surface area (Å²) in [6, 6.07) is -0.328. The van der Waals surface area contributed by atoms with Crippen LogP contribution in [-0.2, 0) is 47.6 Å². The Hall–Kier alpha value is -2.38. The second-order valence-electron chi connectivity index (χ2n) is 14.8. The monoisotopic (exact) mass is 651 g/mol. The van der Waals surface area contributed by atoms with Crippen LogP contribution in [0.15, 0.2) is 11.1 Å². The van der Waals surface area contributed by atoms with Gasteiger partial charge in [-0.2, -0.15) is 0 Å². The van der Waals surface area contributed by atoms with Crippen LogP contribution >= 0.6 is 0 Å². The first-order chi connectivity index (χ1) is 21.3. The summed E-state index contributed by atoms with van der Waals surface area (Å²) in [7, 11) is 6.44. The van der Waals surface area contributed by atoms with E-state index >= 15 is 4.79 Å². The number of carbonyl (C=O) groups excluding carboxylic acids is 4. The Kier molecular flexibility index (Phi) is 9.97. The first kappa shape index (κ1) is 36.5. The van der Waals surface area contributed by atoms with Crippen molar-refractivity contribution in [1.82, 2.24) is 4.90 Å². The van der Waals surface area contributed by atoms with Crippen LogP contribution in [0.2, 0.25) is 0 Å². The predicted octanol–water partition coefficient (Wildman–Crippen LogP) is 2.48. The molecule has 1 heterocycles. The lowest BCUT2D eigenvalue weighted by Gasteiger charge is -2.68. The molecule has 0 aromatic rings. The summed E-state index contributed by atoms with van der Waals surface area (Å²) in [6.07, 6.45) is -3.40. The number of carbonyl (C=O) groups is 4. The fourth-order valence-corrected chi connectivity index (χ4v) is 9.13. The van der Waals surface area contributed by atoms with Gasteiger partial charge in [-0.05, 0) is 57.3 Å². The number of likely N-dealkylation sites (N-methyl/N-ethyl adjacent to an activating group) is 1. The second-order valence-corrected chi connectivity index (χ2v) is 14.8. The molecule has 1 saturated heterocycles. The summed E-state index contributed by atoms with van der Waals surface area (Å²) < 4.78 is 34.8. The molecule has 2 saturated carbocycles. The molecule has 0 aromatic heterocycles. The van der Waals surface area contributed by atoms with Crippen molar-refractivity contribution in [3.63, 3.8) is 0 Å². The van der Waals surface area contributed by atoms with E-state index in [1.807, 2.05) is 60.5 Å². The van der Waals surface area contributed by atoms with Crippen molar-refractivity contribution in [2.75, 3.05) is 41.5 Å². The van der Waals surface area contributed by atoms with E-state index in [0.717, 1.165) is 0 Å². The molecule has 4 rings (SSSR count). The van der Waals surface area contributed by atoms with Gasteiger partial charge in [0, 0.05) is 50.4 Å². The van der Waals surface area contributed by atoms with Crippen molar-refractivity contribution >= 4 is 23.7 Å². The molecular formula is C34H53NO11. The minimum atomic E-state index is -1.63. The highest BCUT2D eigenvalue weighted by Crippen LogP contribution is 2.66. The first-order valence-electron chi connectivity index (χ1n) is 16.1. The van der Waals surface area contributed by atoms with Gasteiger partial charge in [0.15, 0.2) is 23.6 Å². The van der Waals surface area contributed by atoms with Crippen LogP contribution < -0.4 is 0 Å². The van der Waals surface area contributed by atoms with Crippen molar-refractivity contribution in [3.05, 3.63) is 11.1 Å². The number of esters is 3. The smallest absolute Gasteiger partial charge is 0.337 e. The molecule has 2 bridgehead atoms. The fourth-order valence-electron chi connectivity index (χ4n) is 9.13. The molecule has 0 spiro atoms. The van der Waals surface area contributed by atoms with Crippen molar-refractivity contribution in [3.8, 4) is 0 Å². The third-order valence-electron chi connectivity index (χ3n) is 12.1. The molecule has 8 unspecified atom stereocenters. The van der Waals surface area contributed by atoms with Crippen LogP contribution in [0.1, 0.15) is 68.2 Å². The number of hydrogen-bond donors (Lipinski definition) is 1. The molecule has 1 aliphatic heterocycles. The number of Topliss-reactive ketones (excluding diaryl/α,β-unsaturated/α-hetero) is 1. The van der Waals surface area contributed by atoms with Gasteiger partial charge in [0.1, 0.15) is 18.8 Å². The standard InChI is InChI=1S/C34H53NO11/c1-17-13-23-33(16-43-23,46-21(5)36)28-19(3)34(40)14-22(44-30(39)26(42-12)20(4)35(9)10)18(2)25(31(34,6)7)27(29(38)32(17,28)8)45-24(37)15-41-11/h17,19-20,22-23,26-28,40H,13-16H2,1-12H3/t17-,19-,20?,22?,23?,26?,27?,28?,32+,33?,34?/m0/s1. The molecule has 46 heavy (non-hydrogen) atoms. The molecule has 11 atom stereocenters. The summed E-state index contributed by atoms with van der Waals surface area (Å²) in [5.41, 5.74) is -4.30. The Balaban J connectivity index is 1.97. The van der Waals surface area contributed by atoms with E-state index in [1.165, 1.54) is 21.1 Å². The van der Waals surface area contributed by atoms with Crippen molar-refractivity contribution < 1.29 is 52.7 Å². The molecule has 3 fully saturated rings. The number of nitrogens with zero attached hydrogens (tertiary/aromatic N) is 1. The Morgan fingerprint density at radius 1 is 1.11 bits per heavy atom. The molecule has 12 heteroatoms. The Morgan fingerprint density at radius 3 is 2.24 bits per heavy atom. The molecular weight excluding hydrogens is 598 g/mol. The predicted molar refractivity (Wildman–Crippen MR) is 165 cm³/mol. The van der Waals surface area contributed by atoms with E-state index < -0.39 is 82.8 Å². The lowest BCUT2D eigenvalue weighted by atomic mass is 9.41. The average Bonchev–Trinajstić information content (AvgIpc) is 2.95. The molecule has 3 aliphatic carbocycles. The highest BCUT2D eigenvalue weighted by Gasteiger charge is 2.75. The van der Waals surface area contributed by atoms with Gasteiger partial charge in [0.25, 0.3) is 0 Å². The summed E-state index contributed by atoms with van der Waals surface area (Å²) in [5.74, 6) is -3.97. The second kappa shape index (κ2) is 12.6. The molecule has 260 valence electrons. The lowest BCUT2D eigenvalue weighted by molar-refractivity contribution is -0.332. The summed E-state index contributed by atoms with van der Waals surface area (Å²) in [6.45, 7) is 13.9. The number of ether oxygens (including phenoxy) is 6. The number of aliphatic hydroxyl groups is 1. The van der Waals surface area contributed by atoms with Crippen molar-refractivity contribution in [2.45, 2.75) is 110 Å². The maximum absolute atomic E-state index is 15.2. The van der Waals surface area contributed by atoms with Gasteiger partial charge < -0.3 is 38.4 Å². The van der Waals surface area contributed by atoms with Gasteiger partial charge in [-0.15, -0.1) is 0 Å². The fraction of sp³-hybridized carbons (Fsp3) is 0.824. The van der Waals surface area contributed by atoms with Crippen LogP contribution in [-0.4, -0.2) is 117 Å². The molecule has 0 radical (unpaired) electrons. The summed E-state index contributed by atoms with van der Waals surface area (Å²) in [4.78, 5) is 56.4. The number of methoxy groups -OCH3 is 2. The molecule has 4 aliphatic rings. The number of hydrogen-bond acceptors (Lipinski definition) is 12. The van der Waals surface area contributed by atoms with Crippen molar-refractivity contribution in [1.29, 1.82) is 0 Å². The molecule has 0 amide bonds. The molecule has 1 N–H and O–H groups in total. The zero-order valence-electron chi connectivity index (χ0n) is 29.4.